The highest BCUT2D eigenvalue weighted by molar-refractivity contribution is 5.52. The van der Waals surface area contributed by atoms with Crippen LogP contribution in [0.2, 0.25) is 0 Å². The van der Waals surface area contributed by atoms with Gasteiger partial charge in [-0.25, -0.2) is 0 Å². The minimum atomic E-state index is 0.618. The first kappa shape index (κ1) is 13.3. The Kier molecular flexibility index (Phi) is 4.59. The van der Waals surface area contributed by atoms with Gasteiger partial charge in [0.25, 0.3) is 0 Å². The highest BCUT2D eigenvalue weighted by atomic mass is 15.1. The van der Waals surface area contributed by atoms with Crippen molar-refractivity contribution in [2.24, 2.45) is 0 Å². The van der Waals surface area contributed by atoms with Crippen LogP contribution in [-0.4, -0.2) is 24.1 Å². The molecule has 1 aromatic rings. The molecular weight excluding hydrogens is 222 g/mol. The standard InChI is InChI=1S/C15H25N3/c1-4-14(5-2)18(3)15-8-9-16-10-12(15)11-17-13-6-7-13/h8-10,13-14,17H,4-7,11H2,1-3H3. The fraction of sp³-hybridized carbons (Fsp3) is 0.667. The molecule has 0 bridgehead atoms. The predicted molar refractivity (Wildman–Crippen MR) is 76.9 cm³/mol. The predicted octanol–water partition coefficient (Wildman–Crippen LogP) is 2.96. The number of nitrogens with zero attached hydrogens (tertiary/aromatic N) is 2. The molecule has 1 aliphatic carbocycles. The highest BCUT2D eigenvalue weighted by Gasteiger charge is 2.21. The van der Waals surface area contributed by atoms with Gasteiger partial charge in [0.15, 0.2) is 0 Å². The zero-order chi connectivity index (χ0) is 13.0. The molecule has 2 rings (SSSR count). The number of rotatable bonds is 7. The van der Waals surface area contributed by atoms with E-state index >= 15 is 0 Å². The number of hydrogen-bond donors (Lipinski definition) is 1. The Balaban J connectivity index is 2.09. The van der Waals surface area contributed by atoms with E-state index in [0.717, 1.165) is 12.6 Å². The van der Waals surface area contributed by atoms with Gasteiger partial charge in [-0.2, -0.15) is 0 Å². The number of hydrogen-bond acceptors (Lipinski definition) is 3. The van der Waals surface area contributed by atoms with Crippen LogP contribution in [0, 0.1) is 0 Å². The van der Waals surface area contributed by atoms with E-state index in [0.29, 0.717) is 6.04 Å². The van der Waals surface area contributed by atoms with Gasteiger partial charge in [-0.05, 0) is 31.7 Å². The van der Waals surface area contributed by atoms with Crippen LogP contribution >= 0.6 is 0 Å². The van der Waals surface area contributed by atoms with Crippen molar-refractivity contribution in [3.63, 3.8) is 0 Å². The monoisotopic (exact) mass is 247 g/mol. The molecule has 0 aliphatic heterocycles. The van der Waals surface area contributed by atoms with Gasteiger partial charge in [-0.1, -0.05) is 13.8 Å². The zero-order valence-corrected chi connectivity index (χ0v) is 11.8. The maximum absolute atomic E-state index is 4.27. The van der Waals surface area contributed by atoms with Crippen molar-refractivity contribution in [1.29, 1.82) is 0 Å². The Morgan fingerprint density at radius 3 is 2.72 bits per heavy atom. The van der Waals surface area contributed by atoms with Crippen LogP contribution in [-0.2, 0) is 6.54 Å². The number of aromatic nitrogens is 1. The average molecular weight is 247 g/mol. The molecule has 0 radical (unpaired) electrons. The fourth-order valence-corrected chi connectivity index (χ4v) is 2.47. The third kappa shape index (κ3) is 3.22. The highest BCUT2D eigenvalue weighted by Crippen LogP contribution is 2.24. The molecular formula is C15H25N3. The molecule has 100 valence electrons. The van der Waals surface area contributed by atoms with E-state index in [1.54, 1.807) is 0 Å². The summed E-state index contributed by atoms with van der Waals surface area (Å²) in [5.41, 5.74) is 2.64. The smallest absolute Gasteiger partial charge is 0.0442 e. The van der Waals surface area contributed by atoms with Gasteiger partial charge < -0.3 is 10.2 Å². The van der Waals surface area contributed by atoms with Gasteiger partial charge in [0.05, 0.1) is 0 Å². The molecule has 0 saturated heterocycles. The SMILES string of the molecule is CCC(CC)N(C)c1ccncc1CNC1CC1. The Morgan fingerprint density at radius 2 is 2.11 bits per heavy atom. The second-order valence-corrected chi connectivity index (χ2v) is 5.24. The van der Waals surface area contributed by atoms with E-state index in [2.05, 4.69) is 42.2 Å². The van der Waals surface area contributed by atoms with Crippen LogP contribution in [0.4, 0.5) is 5.69 Å². The zero-order valence-electron chi connectivity index (χ0n) is 11.8. The van der Waals surface area contributed by atoms with E-state index in [1.807, 2.05) is 12.4 Å². The van der Waals surface area contributed by atoms with E-state index < -0.39 is 0 Å². The van der Waals surface area contributed by atoms with E-state index in [-0.39, 0.29) is 0 Å². The van der Waals surface area contributed by atoms with E-state index in [4.69, 9.17) is 0 Å². The van der Waals surface area contributed by atoms with Gasteiger partial charge in [0.1, 0.15) is 0 Å². The van der Waals surface area contributed by atoms with Crippen molar-refractivity contribution in [2.75, 3.05) is 11.9 Å². The molecule has 1 fully saturated rings. The number of anilines is 1. The van der Waals surface area contributed by atoms with Crippen LogP contribution in [0.25, 0.3) is 0 Å². The molecule has 0 aromatic carbocycles. The average Bonchev–Trinajstić information content (AvgIpc) is 3.22. The maximum Gasteiger partial charge on any atom is 0.0442 e. The molecule has 1 aliphatic rings. The van der Waals surface area contributed by atoms with Gasteiger partial charge >= 0.3 is 0 Å². The van der Waals surface area contributed by atoms with Crippen LogP contribution < -0.4 is 10.2 Å². The summed E-state index contributed by atoms with van der Waals surface area (Å²) < 4.78 is 0. The molecule has 0 unspecified atom stereocenters. The van der Waals surface area contributed by atoms with Crippen molar-refractivity contribution in [3.05, 3.63) is 24.0 Å². The van der Waals surface area contributed by atoms with Gasteiger partial charge in [-0.3, -0.25) is 4.98 Å². The van der Waals surface area contributed by atoms with Crippen molar-refractivity contribution < 1.29 is 0 Å². The molecule has 1 heterocycles. The van der Waals surface area contributed by atoms with Gasteiger partial charge in [0, 0.05) is 49.3 Å². The first-order valence-corrected chi connectivity index (χ1v) is 7.15. The molecule has 1 N–H and O–H groups in total. The quantitative estimate of drug-likeness (QED) is 0.803. The minimum Gasteiger partial charge on any atom is -0.371 e. The van der Waals surface area contributed by atoms with Crippen molar-refractivity contribution in [3.8, 4) is 0 Å². The number of nitrogens with one attached hydrogen (secondary N) is 1. The summed E-state index contributed by atoms with van der Waals surface area (Å²) in [7, 11) is 2.20. The van der Waals surface area contributed by atoms with Gasteiger partial charge in [0.2, 0.25) is 0 Å². The summed E-state index contributed by atoms with van der Waals surface area (Å²) >= 11 is 0. The molecule has 0 amide bonds. The topological polar surface area (TPSA) is 28.2 Å². The molecule has 1 saturated carbocycles. The second-order valence-electron chi connectivity index (χ2n) is 5.24. The normalized spacial score (nSPS) is 15.1. The third-order valence-electron chi connectivity index (χ3n) is 3.91. The molecule has 18 heavy (non-hydrogen) atoms. The van der Waals surface area contributed by atoms with Gasteiger partial charge in [-0.15, -0.1) is 0 Å². The fourth-order valence-electron chi connectivity index (χ4n) is 2.47. The second kappa shape index (κ2) is 6.19. The van der Waals surface area contributed by atoms with Crippen LogP contribution in [0.5, 0.6) is 0 Å². The van der Waals surface area contributed by atoms with Crippen LogP contribution in [0.3, 0.4) is 0 Å². The number of pyridine rings is 1. The summed E-state index contributed by atoms with van der Waals surface area (Å²) in [6.45, 7) is 5.46. The lowest BCUT2D eigenvalue weighted by Gasteiger charge is -2.30. The summed E-state index contributed by atoms with van der Waals surface area (Å²) in [5, 5.41) is 3.58. The summed E-state index contributed by atoms with van der Waals surface area (Å²) in [5.74, 6) is 0. The molecule has 0 atom stereocenters. The summed E-state index contributed by atoms with van der Waals surface area (Å²) in [6.07, 6.45) is 8.93. The Bertz CT molecular complexity index is 370. The first-order valence-electron chi connectivity index (χ1n) is 7.15. The lowest BCUT2D eigenvalue weighted by atomic mass is 10.1. The largest absolute Gasteiger partial charge is 0.371 e. The minimum absolute atomic E-state index is 0.618. The van der Waals surface area contributed by atoms with Crippen molar-refractivity contribution in [1.82, 2.24) is 10.3 Å². The molecule has 3 heteroatoms. The maximum atomic E-state index is 4.27. The lowest BCUT2D eigenvalue weighted by molar-refractivity contribution is 0.587. The Morgan fingerprint density at radius 1 is 1.39 bits per heavy atom. The molecule has 0 spiro atoms. The van der Waals surface area contributed by atoms with Crippen LogP contribution in [0.1, 0.15) is 45.1 Å². The summed E-state index contributed by atoms with van der Waals surface area (Å²) in [6, 6.07) is 3.51. The molecule has 3 nitrogen and oxygen atoms in total. The van der Waals surface area contributed by atoms with Crippen molar-refractivity contribution in [2.45, 2.75) is 58.2 Å². The third-order valence-corrected chi connectivity index (χ3v) is 3.91. The molecule has 1 aromatic heterocycles. The summed E-state index contributed by atoms with van der Waals surface area (Å²) in [4.78, 5) is 6.68. The van der Waals surface area contributed by atoms with E-state index in [9.17, 15) is 0 Å². The van der Waals surface area contributed by atoms with E-state index in [1.165, 1.54) is 36.9 Å². The Labute approximate surface area is 111 Å². The lowest BCUT2D eigenvalue weighted by Crippen LogP contribution is -2.31. The first-order chi connectivity index (χ1) is 8.76. The Hall–Kier alpha value is -1.09. The van der Waals surface area contributed by atoms with Crippen LogP contribution in [0.15, 0.2) is 18.5 Å². The van der Waals surface area contributed by atoms with Crippen molar-refractivity contribution >= 4 is 5.69 Å².